The van der Waals surface area contributed by atoms with Crippen molar-refractivity contribution in [2.75, 3.05) is 4.90 Å². The Morgan fingerprint density at radius 3 is 1.77 bits per heavy atom. The van der Waals surface area contributed by atoms with Gasteiger partial charge in [-0.1, -0.05) is 218 Å². The number of thiophene rings is 1. The molecule has 0 N–H and O–H groups in total. The van der Waals surface area contributed by atoms with Crippen LogP contribution in [0.5, 0.6) is 0 Å². The van der Waals surface area contributed by atoms with Crippen molar-refractivity contribution in [1.29, 1.82) is 0 Å². The average molecular weight is 957 g/mol. The molecular formula is C71H44N2S. The first-order valence-corrected chi connectivity index (χ1v) is 26.4. The fraction of sp³-hybridized carbons (Fsp3) is 0.0141. The van der Waals surface area contributed by atoms with Crippen molar-refractivity contribution < 1.29 is 0 Å². The number of anilines is 3. The zero-order valence-corrected chi connectivity index (χ0v) is 41.0. The number of para-hydroxylation sites is 4. The predicted molar refractivity (Wildman–Crippen MR) is 313 cm³/mol. The van der Waals surface area contributed by atoms with Crippen molar-refractivity contribution in [3.05, 3.63) is 289 Å². The van der Waals surface area contributed by atoms with Crippen molar-refractivity contribution in [3.8, 4) is 50.2 Å². The molecule has 0 saturated carbocycles. The third-order valence-corrected chi connectivity index (χ3v) is 17.4. The van der Waals surface area contributed by atoms with E-state index in [9.17, 15) is 0 Å². The van der Waals surface area contributed by atoms with Gasteiger partial charge in [-0.25, -0.2) is 0 Å². The lowest BCUT2D eigenvalue weighted by molar-refractivity contribution is 0.748. The molecule has 3 heteroatoms. The summed E-state index contributed by atoms with van der Waals surface area (Å²) in [7, 11) is 0. The van der Waals surface area contributed by atoms with E-state index in [0.29, 0.717) is 0 Å². The number of rotatable bonds is 6. The summed E-state index contributed by atoms with van der Waals surface area (Å²) >= 11 is 1.87. The molecule has 1 unspecified atom stereocenters. The molecule has 0 saturated heterocycles. The second kappa shape index (κ2) is 15.9. The molecule has 14 aromatic rings. The number of hydrogen-bond acceptors (Lipinski definition) is 2. The van der Waals surface area contributed by atoms with Crippen LogP contribution in [0.1, 0.15) is 22.3 Å². The molecule has 0 fully saturated rings. The number of aromatic nitrogens is 1. The summed E-state index contributed by atoms with van der Waals surface area (Å²) in [5.41, 5.74) is 21.4. The highest BCUT2D eigenvalue weighted by Gasteiger charge is 2.51. The Kier molecular flexibility index (Phi) is 8.86. The summed E-state index contributed by atoms with van der Waals surface area (Å²) in [6, 6.07) is 99.8. The average Bonchev–Trinajstić information content (AvgIpc) is 4.15. The van der Waals surface area contributed by atoms with Crippen molar-refractivity contribution in [2.45, 2.75) is 5.41 Å². The fourth-order valence-corrected chi connectivity index (χ4v) is 14.4. The summed E-state index contributed by atoms with van der Waals surface area (Å²) in [5.74, 6) is 0. The van der Waals surface area contributed by atoms with E-state index < -0.39 is 5.41 Å². The molecule has 0 amide bonds. The van der Waals surface area contributed by atoms with Crippen LogP contribution in [-0.4, -0.2) is 4.57 Å². The van der Waals surface area contributed by atoms with Gasteiger partial charge in [0.05, 0.1) is 33.5 Å². The molecule has 2 aliphatic rings. The van der Waals surface area contributed by atoms with Crippen LogP contribution >= 0.6 is 11.3 Å². The lowest BCUT2D eigenvalue weighted by atomic mass is 9.65. The molecule has 0 radical (unpaired) electrons. The summed E-state index contributed by atoms with van der Waals surface area (Å²) in [4.78, 5) is 2.56. The molecule has 344 valence electrons. The van der Waals surface area contributed by atoms with E-state index in [-0.39, 0.29) is 0 Å². The topological polar surface area (TPSA) is 8.17 Å². The molecule has 1 atom stereocenters. The fourth-order valence-electron chi connectivity index (χ4n) is 13.3. The Bertz CT molecular complexity index is 4620. The minimum atomic E-state index is -0.597. The van der Waals surface area contributed by atoms with Gasteiger partial charge in [-0.2, -0.15) is 0 Å². The van der Waals surface area contributed by atoms with Gasteiger partial charge in [0.25, 0.3) is 0 Å². The Balaban J connectivity index is 0.976. The second-order valence-corrected chi connectivity index (χ2v) is 20.9. The highest BCUT2D eigenvalue weighted by Crippen LogP contribution is 2.63. The van der Waals surface area contributed by atoms with Gasteiger partial charge in [-0.3, -0.25) is 0 Å². The lowest BCUT2D eigenvalue weighted by Crippen LogP contribution is -2.33. The monoisotopic (exact) mass is 956 g/mol. The summed E-state index contributed by atoms with van der Waals surface area (Å²) < 4.78 is 5.15. The van der Waals surface area contributed by atoms with Crippen molar-refractivity contribution in [2.24, 2.45) is 0 Å². The highest BCUT2D eigenvalue weighted by atomic mass is 32.1. The number of nitrogens with zero attached hydrogens (tertiary/aromatic N) is 2. The van der Waals surface area contributed by atoms with Crippen molar-refractivity contribution in [1.82, 2.24) is 4.57 Å². The van der Waals surface area contributed by atoms with Crippen LogP contribution in [0.4, 0.5) is 17.1 Å². The van der Waals surface area contributed by atoms with Crippen molar-refractivity contribution >= 4 is 81.1 Å². The van der Waals surface area contributed by atoms with Gasteiger partial charge in [0.2, 0.25) is 0 Å². The van der Waals surface area contributed by atoms with Crippen LogP contribution in [0, 0.1) is 0 Å². The maximum absolute atomic E-state index is 2.56. The standard InChI is InChI=1S/C71H44N2S/c1-2-21-48-45(19-1)20-15-29-50(48)51-22-3-4-23-52(51)53-24-6-11-35-62(53)72(47-43-41-46(42-44-47)49-28-17-40-67-68(49)57-27-8-14-39-66(57)74-67)65-38-18-33-60-69(65)56-26-5-9-31-58(56)71(60)59-32-10-13-37-64(59)73-63-36-12-7-25-54(63)55-30-16-34-61(71)70(55)73/h1-44H. The Hall–Kier alpha value is -9.28. The van der Waals surface area contributed by atoms with E-state index in [0.717, 1.165) is 22.6 Å². The molecule has 16 rings (SSSR count). The quantitative estimate of drug-likeness (QED) is 0.161. The minimum Gasteiger partial charge on any atom is -0.309 e. The van der Waals surface area contributed by atoms with Gasteiger partial charge in [0, 0.05) is 47.8 Å². The zero-order valence-electron chi connectivity index (χ0n) is 40.2. The van der Waals surface area contributed by atoms with E-state index >= 15 is 0 Å². The Labute approximate surface area is 432 Å². The SMILES string of the molecule is c1ccc(-c2cccc3ccccc23)c(-c2ccccc2N(c2ccc(-c3cccc4sc5ccccc5c34)cc2)c2cccc3c2-c2ccccc2C32c3ccccc3-n3c4ccccc4c4cccc2c43)c1. The smallest absolute Gasteiger partial charge is 0.0755 e. The van der Waals surface area contributed by atoms with E-state index in [2.05, 4.69) is 276 Å². The molecule has 3 heterocycles. The second-order valence-electron chi connectivity index (χ2n) is 19.8. The number of hydrogen-bond donors (Lipinski definition) is 0. The van der Waals surface area contributed by atoms with E-state index in [1.807, 2.05) is 11.3 Å². The third-order valence-electron chi connectivity index (χ3n) is 16.2. The predicted octanol–water partition coefficient (Wildman–Crippen LogP) is 19.5. The highest BCUT2D eigenvalue weighted by molar-refractivity contribution is 7.25. The Morgan fingerprint density at radius 2 is 0.892 bits per heavy atom. The normalized spacial score (nSPS) is 14.3. The van der Waals surface area contributed by atoms with Gasteiger partial charge < -0.3 is 9.47 Å². The van der Waals surface area contributed by atoms with Gasteiger partial charge in [0.1, 0.15) is 0 Å². The van der Waals surface area contributed by atoms with E-state index in [1.54, 1.807) is 0 Å². The molecule has 0 bridgehead atoms. The lowest BCUT2D eigenvalue weighted by Gasteiger charge is -2.39. The van der Waals surface area contributed by atoms with Crippen molar-refractivity contribution in [3.63, 3.8) is 0 Å². The first-order valence-electron chi connectivity index (χ1n) is 25.6. The summed E-state index contributed by atoms with van der Waals surface area (Å²) in [6.45, 7) is 0. The van der Waals surface area contributed by atoms with Gasteiger partial charge in [0.15, 0.2) is 0 Å². The molecule has 1 aliphatic carbocycles. The summed E-state index contributed by atoms with van der Waals surface area (Å²) in [5, 5.41) is 7.65. The van der Waals surface area contributed by atoms with Crippen LogP contribution in [0.25, 0.3) is 103 Å². The maximum atomic E-state index is 2.56. The van der Waals surface area contributed by atoms with Crippen LogP contribution in [0.3, 0.4) is 0 Å². The van der Waals surface area contributed by atoms with Gasteiger partial charge >= 0.3 is 0 Å². The van der Waals surface area contributed by atoms with Gasteiger partial charge in [-0.05, 0) is 115 Å². The minimum absolute atomic E-state index is 0.597. The van der Waals surface area contributed by atoms with Crippen LogP contribution in [0.15, 0.2) is 267 Å². The largest absolute Gasteiger partial charge is 0.309 e. The molecular weight excluding hydrogens is 913 g/mol. The Morgan fingerprint density at radius 1 is 0.338 bits per heavy atom. The number of fused-ring (bicyclic) bond motifs is 16. The number of benzene rings is 12. The molecule has 2 aromatic heterocycles. The maximum Gasteiger partial charge on any atom is 0.0755 e. The molecule has 12 aromatic carbocycles. The first-order chi connectivity index (χ1) is 36.8. The first kappa shape index (κ1) is 41.3. The van der Waals surface area contributed by atoms with Crippen LogP contribution < -0.4 is 4.90 Å². The molecule has 74 heavy (non-hydrogen) atoms. The summed E-state index contributed by atoms with van der Waals surface area (Å²) in [6.07, 6.45) is 0. The van der Waals surface area contributed by atoms with Gasteiger partial charge in [-0.15, -0.1) is 11.3 Å². The molecule has 1 aliphatic heterocycles. The molecule has 2 nitrogen and oxygen atoms in total. The zero-order chi connectivity index (χ0) is 48.5. The third kappa shape index (κ3) is 5.65. The van der Waals surface area contributed by atoms with E-state index in [1.165, 1.54) is 120 Å². The molecule has 1 spiro atoms. The van der Waals surface area contributed by atoms with Crippen LogP contribution in [0.2, 0.25) is 0 Å². The van der Waals surface area contributed by atoms with Crippen LogP contribution in [-0.2, 0) is 5.41 Å². The van der Waals surface area contributed by atoms with E-state index in [4.69, 9.17) is 0 Å².